The molecule has 3 N–H and O–H groups in total. The summed E-state index contributed by atoms with van der Waals surface area (Å²) in [4.78, 5) is 36.5. The van der Waals surface area contributed by atoms with Gasteiger partial charge >= 0.3 is 41.5 Å². The Kier molecular flexibility index (Phi) is 8.90. The Balaban J connectivity index is 0.00000392. The fourth-order valence-electron chi connectivity index (χ4n) is 2.72. The van der Waals surface area contributed by atoms with E-state index in [-0.39, 0.29) is 67.4 Å². The number of anilines is 1. The summed E-state index contributed by atoms with van der Waals surface area (Å²) in [6.45, 7) is 3.64. The van der Waals surface area contributed by atoms with Crippen molar-refractivity contribution in [1.82, 2.24) is 5.06 Å². The molecule has 0 spiro atoms. The minimum absolute atomic E-state index is 0. The third-order valence-electron chi connectivity index (χ3n) is 3.97. The number of carbonyl (C=O) groups excluding carboxylic acids is 3. The summed E-state index contributed by atoms with van der Waals surface area (Å²) in [6.07, 6.45) is -0.0523. The summed E-state index contributed by atoms with van der Waals surface area (Å²) in [7, 11) is 1.24. The Morgan fingerprint density at radius 2 is 1.43 bits per heavy atom. The molecule has 8 nitrogen and oxygen atoms in total. The normalized spacial score (nSPS) is 10.1. The van der Waals surface area contributed by atoms with E-state index in [9.17, 15) is 19.6 Å². The Morgan fingerprint density at radius 3 is 1.79 bits per heavy atom. The van der Waals surface area contributed by atoms with Crippen LogP contribution in [0.4, 0.5) is 5.69 Å². The zero-order valence-electron chi connectivity index (χ0n) is 17.4. The monoisotopic (exact) mass is 398 g/mol. The summed E-state index contributed by atoms with van der Waals surface area (Å²) in [5.41, 5.74) is 7.68. The smallest absolute Gasteiger partial charge is 1.00 e. The molecule has 28 heavy (non-hydrogen) atoms. The molecule has 2 aliphatic rings. The molecule has 0 heterocycles. The summed E-state index contributed by atoms with van der Waals surface area (Å²) >= 11 is 0. The van der Waals surface area contributed by atoms with Crippen molar-refractivity contribution in [2.24, 2.45) is 0 Å². The van der Waals surface area contributed by atoms with Crippen LogP contribution in [-0.4, -0.2) is 48.4 Å². The standard InChI is InChI=1S/C19H22N2O6.Na.H/c1-4-26-18(23)15-12-8-6-11(10-14(22)21(3)25)7-9-13(12)16(17(15)20)19(24)27-5-2;;/h6-9,25H,4-5,10,20H2,1-3H3;;/q;+1;-1. The molecule has 0 aromatic heterocycles. The van der Waals surface area contributed by atoms with Gasteiger partial charge in [0.25, 0.3) is 0 Å². The first-order chi connectivity index (χ1) is 12.8. The van der Waals surface area contributed by atoms with Crippen molar-refractivity contribution >= 4 is 23.5 Å². The van der Waals surface area contributed by atoms with Gasteiger partial charge in [-0.1, -0.05) is 24.3 Å². The molecule has 0 fully saturated rings. The molecule has 1 amide bonds. The van der Waals surface area contributed by atoms with Crippen molar-refractivity contribution in [2.45, 2.75) is 20.3 Å². The van der Waals surface area contributed by atoms with E-state index in [4.69, 9.17) is 15.2 Å². The third-order valence-corrected chi connectivity index (χ3v) is 3.97. The maximum Gasteiger partial charge on any atom is 1.00 e. The molecule has 146 valence electrons. The number of hydrogen-bond acceptors (Lipinski definition) is 7. The number of hydrogen-bond donors (Lipinski definition) is 2. The van der Waals surface area contributed by atoms with Crippen LogP contribution in [0.3, 0.4) is 0 Å². The predicted octanol–water partition coefficient (Wildman–Crippen LogP) is -0.766. The van der Waals surface area contributed by atoms with Crippen LogP contribution >= 0.6 is 0 Å². The van der Waals surface area contributed by atoms with Crippen molar-refractivity contribution < 1.29 is 60.0 Å². The van der Waals surface area contributed by atoms with Crippen molar-refractivity contribution in [3.05, 3.63) is 41.0 Å². The van der Waals surface area contributed by atoms with Gasteiger partial charge in [-0.3, -0.25) is 10.0 Å². The molecule has 0 radical (unpaired) electrons. The van der Waals surface area contributed by atoms with Crippen molar-refractivity contribution in [3.8, 4) is 11.1 Å². The van der Waals surface area contributed by atoms with Crippen LogP contribution in [0.15, 0.2) is 24.3 Å². The zero-order valence-corrected chi connectivity index (χ0v) is 18.4. The minimum atomic E-state index is -0.644. The fraction of sp³-hybridized carbons (Fsp3) is 0.316. The van der Waals surface area contributed by atoms with Crippen LogP contribution in [0, 0.1) is 0 Å². The molecule has 9 heteroatoms. The van der Waals surface area contributed by atoms with E-state index in [1.807, 2.05) is 0 Å². The van der Waals surface area contributed by atoms with Crippen LogP contribution in [0.1, 0.15) is 41.6 Å². The van der Waals surface area contributed by atoms with Gasteiger partial charge in [-0.2, -0.15) is 0 Å². The van der Waals surface area contributed by atoms with E-state index < -0.39 is 17.8 Å². The number of ether oxygens (including phenoxy) is 2. The van der Waals surface area contributed by atoms with Crippen LogP contribution in [0.5, 0.6) is 0 Å². The number of nitrogen functional groups attached to an aromatic ring is 1. The second-order valence-corrected chi connectivity index (χ2v) is 5.77. The van der Waals surface area contributed by atoms with E-state index in [1.165, 1.54) is 7.05 Å². The molecule has 0 saturated carbocycles. The Morgan fingerprint density at radius 1 is 1.00 bits per heavy atom. The number of carbonyl (C=O) groups is 3. The molecule has 2 rings (SSSR count). The second kappa shape index (κ2) is 10.4. The number of rotatable bonds is 6. The summed E-state index contributed by atoms with van der Waals surface area (Å²) in [5, 5.41) is 9.73. The first kappa shape index (κ1) is 23.9. The van der Waals surface area contributed by atoms with E-state index in [1.54, 1.807) is 38.1 Å². The number of nitrogens with zero attached hydrogens (tertiary/aromatic N) is 1. The van der Waals surface area contributed by atoms with Gasteiger partial charge in [-0.25, -0.2) is 14.7 Å². The first-order valence-corrected chi connectivity index (χ1v) is 8.45. The molecule has 2 aliphatic carbocycles. The molecule has 0 bridgehead atoms. The van der Waals surface area contributed by atoms with Gasteiger partial charge in [0.05, 0.1) is 36.4 Å². The van der Waals surface area contributed by atoms with Crippen molar-refractivity contribution in [2.75, 3.05) is 26.0 Å². The molecule has 0 atom stereocenters. The Labute approximate surface area is 186 Å². The van der Waals surface area contributed by atoms with E-state index in [0.717, 1.165) is 0 Å². The van der Waals surface area contributed by atoms with Crippen LogP contribution in [0.2, 0.25) is 0 Å². The molecule has 0 unspecified atom stereocenters. The predicted molar refractivity (Wildman–Crippen MR) is 98.8 cm³/mol. The van der Waals surface area contributed by atoms with Gasteiger partial charge in [0.15, 0.2) is 0 Å². The summed E-state index contributed by atoms with van der Waals surface area (Å²) in [5.74, 6) is -1.79. The van der Waals surface area contributed by atoms with Crippen molar-refractivity contribution in [1.29, 1.82) is 0 Å². The van der Waals surface area contributed by atoms with Gasteiger partial charge in [-0.15, -0.1) is 0 Å². The van der Waals surface area contributed by atoms with Gasteiger partial charge in [0, 0.05) is 7.05 Å². The zero-order chi connectivity index (χ0) is 20.1. The van der Waals surface area contributed by atoms with E-state index >= 15 is 0 Å². The molecule has 0 aromatic rings. The largest absolute Gasteiger partial charge is 1.00 e. The average Bonchev–Trinajstić information content (AvgIpc) is 2.74. The summed E-state index contributed by atoms with van der Waals surface area (Å²) in [6, 6.07) is 6.45. The molecule has 0 aromatic carbocycles. The second-order valence-electron chi connectivity index (χ2n) is 5.77. The SMILES string of the molecule is CCOC(=O)c1c2ccc(CC(=O)N(C)O)ccc-2c(C(=O)OCC)c1N.[H-].[Na+]. The Bertz CT molecular complexity index is 803. The average molecular weight is 398 g/mol. The third kappa shape index (κ3) is 5.02. The molecular weight excluding hydrogens is 375 g/mol. The van der Waals surface area contributed by atoms with E-state index in [0.29, 0.717) is 21.8 Å². The number of nitrogens with two attached hydrogens (primary N) is 1. The van der Waals surface area contributed by atoms with Gasteiger partial charge < -0.3 is 16.6 Å². The van der Waals surface area contributed by atoms with Gasteiger partial charge in [-0.05, 0) is 30.5 Å². The quantitative estimate of drug-likeness (QED) is 0.284. The minimum Gasteiger partial charge on any atom is -1.00 e. The first-order valence-electron chi connectivity index (χ1n) is 8.45. The van der Waals surface area contributed by atoms with Crippen LogP contribution in [0.25, 0.3) is 11.1 Å². The topological polar surface area (TPSA) is 119 Å². The molecule has 0 aliphatic heterocycles. The number of esters is 2. The number of likely N-dealkylation sites (N-methyl/N-ethyl adjacent to an activating group) is 1. The van der Waals surface area contributed by atoms with Gasteiger partial charge in [0.2, 0.25) is 5.91 Å². The fourth-order valence-corrected chi connectivity index (χ4v) is 2.72. The Hall–Kier alpha value is -2.13. The van der Waals surface area contributed by atoms with Crippen LogP contribution < -0.4 is 35.3 Å². The molecule has 0 saturated heterocycles. The van der Waals surface area contributed by atoms with Gasteiger partial charge in [0.1, 0.15) is 0 Å². The van der Waals surface area contributed by atoms with Crippen LogP contribution in [-0.2, 0) is 20.7 Å². The van der Waals surface area contributed by atoms with E-state index in [2.05, 4.69) is 0 Å². The maximum atomic E-state index is 12.4. The number of amides is 1. The number of hydroxylamine groups is 2. The van der Waals surface area contributed by atoms with Crippen molar-refractivity contribution in [3.63, 3.8) is 0 Å². The summed E-state index contributed by atoms with van der Waals surface area (Å²) < 4.78 is 10.1. The molecular formula is C19H23N2NaO6. The maximum absolute atomic E-state index is 12.4. The number of fused-ring (bicyclic) bond motifs is 1.